The van der Waals surface area contributed by atoms with Gasteiger partial charge in [-0.3, -0.25) is 4.79 Å². The van der Waals surface area contributed by atoms with Gasteiger partial charge in [-0.1, -0.05) is 0 Å². The molecule has 1 amide bonds. The van der Waals surface area contributed by atoms with Crippen LogP contribution in [0.3, 0.4) is 0 Å². The number of ether oxygens (including phenoxy) is 2. The van der Waals surface area contributed by atoms with Gasteiger partial charge < -0.3 is 24.4 Å². The SMILES string of the molecule is CCN(C)c1ccc(C(=O)N(CCO)Cc2ccc(OC)cc2OC)cc1. The number of carbonyl (C=O) groups is 1. The molecule has 0 bridgehead atoms. The van der Waals surface area contributed by atoms with Crippen LogP contribution in [0.15, 0.2) is 42.5 Å². The molecular formula is C21H28N2O4. The standard InChI is InChI=1S/C21H28N2O4/c1-5-22(2)18-9-6-16(7-10-18)21(25)23(12-13-24)15-17-8-11-19(26-3)14-20(17)27-4/h6-11,14,24H,5,12-13,15H2,1-4H3. The molecule has 6 nitrogen and oxygen atoms in total. The van der Waals surface area contributed by atoms with Crippen molar-refractivity contribution in [2.45, 2.75) is 13.5 Å². The summed E-state index contributed by atoms with van der Waals surface area (Å²) in [6.45, 7) is 3.43. The Morgan fingerprint density at radius 2 is 1.78 bits per heavy atom. The van der Waals surface area contributed by atoms with Crippen LogP contribution in [-0.4, -0.2) is 56.9 Å². The molecule has 0 atom stereocenters. The van der Waals surface area contributed by atoms with Crippen LogP contribution < -0.4 is 14.4 Å². The zero-order chi connectivity index (χ0) is 19.8. The number of carbonyl (C=O) groups excluding carboxylic acids is 1. The van der Waals surface area contributed by atoms with E-state index in [-0.39, 0.29) is 19.1 Å². The van der Waals surface area contributed by atoms with Gasteiger partial charge >= 0.3 is 0 Å². The van der Waals surface area contributed by atoms with Crippen LogP contribution in [0.5, 0.6) is 11.5 Å². The second kappa shape index (κ2) is 9.83. The molecule has 0 aliphatic carbocycles. The Morgan fingerprint density at radius 3 is 2.33 bits per heavy atom. The highest BCUT2D eigenvalue weighted by Crippen LogP contribution is 2.26. The first-order valence-electron chi connectivity index (χ1n) is 8.96. The van der Waals surface area contributed by atoms with E-state index in [2.05, 4.69) is 11.8 Å². The first-order chi connectivity index (χ1) is 13.0. The summed E-state index contributed by atoms with van der Waals surface area (Å²) < 4.78 is 10.6. The molecule has 0 heterocycles. The summed E-state index contributed by atoms with van der Waals surface area (Å²) in [6.07, 6.45) is 0. The molecule has 2 rings (SSSR count). The lowest BCUT2D eigenvalue weighted by Gasteiger charge is -2.24. The number of methoxy groups -OCH3 is 2. The molecule has 27 heavy (non-hydrogen) atoms. The first kappa shape index (κ1) is 20.6. The lowest BCUT2D eigenvalue weighted by atomic mass is 10.1. The number of benzene rings is 2. The lowest BCUT2D eigenvalue weighted by Crippen LogP contribution is -2.33. The van der Waals surface area contributed by atoms with Crippen molar-refractivity contribution in [3.05, 3.63) is 53.6 Å². The molecule has 146 valence electrons. The van der Waals surface area contributed by atoms with E-state index >= 15 is 0 Å². The van der Waals surface area contributed by atoms with Gasteiger partial charge in [-0.15, -0.1) is 0 Å². The van der Waals surface area contributed by atoms with Gasteiger partial charge in [0.25, 0.3) is 5.91 Å². The minimum atomic E-state index is -0.132. The van der Waals surface area contributed by atoms with E-state index in [0.29, 0.717) is 23.6 Å². The smallest absolute Gasteiger partial charge is 0.254 e. The molecule has 0 fully saturated rings. The van der Waals surface area contributed by atoms with Crippen LogP contribution in [0.1, 0.15) is 22.8 Å². The predicted octanol–water partition coefficient (Wildman–Crippen LogP) is 2.79. The third kappa shape index (κ3) is 5.14. The number of aliphatic hydroxyl groups excluding tert-OH is 1. The highest BCUT2D eigenvalue weighted by atomic mass is 16.5. The number of hydrogen-bond acceptors (Lipinski definition) is 5. The number of aliphatic hydroxyl groups is 1. The first-order valence-corrected chi connectivity index (χ1v) is 8.96. The zero-order valence-electron chi connectivity index (χ0n) is 16.4. The van der Waals surface area contributed by atoms with Gasteiger partial charge in [-0.25, -0.2) is 0 Å². The van der Waals surface area contributed by atoms with Crippen LogP contribution in [0.25, 0.3) is 0 Å². The van der Waals surface area contributed by atoms with E-state index < -0.39 is 0 Å². The Bertz CT molecular complexity index is 746. The van der Waals surface area contributed by atoms with Gasteiger partial charge in [0.1, 0.15) is 11.5 Å². The van der Waals surface area contributed by atoms with Crippen LogP contribution in [0, 0.1) is 0 Å². The van der Waals surface area contributed by atoms with Gasteiger partial charge in [0.2, 0.25) is 0 Å². The average Bonchev–Trinajstić information content (AvgIpc) is 2.72. The van der Waals surface area contributed by atoms with E-state index in [1.165, 1.54) is 0 Å². The van der Waals surface area contributed by atoms with Gasteiger partial charge in [-0.05, 0) is 43.3 Å². The third-order valence-electron chi connectivity index (χ3n) is 4.54. The Morgan fingerprint density at radius 1 is 1.07 bits per heavy atom. The molecule has 6 heteroatoms. The second-order valence-electron chi connectivity index (χ2n) is 6.19. The number of amides is 1. The zero-order valence-corrected chi connectivity index (χ0v) is 16.4. The molecule has 0 unspecified atom stereocenters. The quantitative estimate of drug-likeness (QED) is 0.733. The van der Waals surface area contributed by atoms with Crippen LogP contribution in [0.2, 0.25) is 0 Å². The average molecular weight is 372 g/mol. The molecular weight excluding hydrogens is 344 g/mol. The fraction of sp³-hybridized carbons (Fsp3) is 0.381. The van der Waals surface area contributed by atoms with E-state index in [1.807, 2.05) is 43.4 Å². The van der Waals surface area contributed by atoms with Crippen molar-refractivity contribution in [3.63, 3.8) is 0 Å². The van der Waals surface area contributed by atoms with Crippen molar-refractivity contribution >= 4 is 11.6 Å². The molecule has 0 spiro atoms. The number of anilines is 1. The van der Waals surface area contributed by atoms with Crippen LogP contribution in [0.4, 0.5) is 5.69 Å². The third-order valence-corrected chi connectivity index (χ3v) is 4.54. The van der Waals surface area contributed by atoms with Crippen molar-refractivity contribution < 1.29 is 19.4 Å². The van der Waals surface area contributed by atoms with E-state index in [0.717, 1.165) is 17.8 Å². The van der Waals surface area contributed by atoms with Crippen molar-refractivity contribution in [2.24, 2.45) is 0 Å². The topological polar surface area (TPSA) is 62.2 Å². The Labute approximate surface area is 160 Å². The number of nitrogens with zero attached hydrogens (tertiary/aromatic N) is 2. The van der Waals surface area contributed by atoms with Crippen molar-refractivity contribution in [3.8, 4) is 11.5 Å². The molecule has 1 N–H and O–H groups in total. The van der Waals surface area contributed by atoms with Crippen LogP contribution >= 0.6 is 0 Å². The van der Waals surface area contributed by atoms with E-state index in [9.17, 15) is 9.90 Å². The summed E-state index contributed by atoms with van der Waals surface area (Å²) in [5.41, 5.74) is 2.49. The molecule has 0 aliphatic rings. The van der Waals surface area contributed by atoms with Crippen molar-refractivity contribution in [1.82, 2.24) is 4.90 Å². The summed E-state index contributed by atoms with van der Waals surface area (Å²) in [6, 6.07) is 13.0. The van der Waals surface area contributed by atoms with E-state index in [4.69, 9.17) is 9.47 Å². The monoisotopic (exact) mass is 372 g/mol. The van der Waals surface area contributed by atoms with E-state index in [1.54, 1.807) is 25.2 Å². The summed E-state index contributed by atoms with van der Waals surface area (Å²) in [4.78, 5) is 16.7. The summed E-state index contributed by atoms with van der Waals surface area (Å²) in [7, 11) is 5.18. The molecule has 0 radical (unpaired) electrons. The summed E-state index contributed by atoms with van der Waals surface area (Å²) in [5, 5.41) is 9.42. The van der Waals surface area contributed by atoms with Gasteiger partial charge in [0.05, 0.1) is 20.8 Å². The van der Waals surface area contributed by atoms with Crippen molar-refractivity contribution in [1.29, 1.82) is 0 Å². The largest absolute Gasteiger partial charge is 0.497 e. The molecule has 0 aliphatic heterocycles. The summed E-state index contributed by atoms with van der Waals surface area (Å²) in [5.74, 6) is 1.20. The lowest BCUT2D eigenvalue weighted by molar-refractivity contribution is 0.0706. The van der Waals surface area contributed by atoms with Crippen molar-refractivity contribution in [2.75, 3.05) is 45.9 Å². The normalized spacial score (nSPS) is 10.4. The fourth-order valence-electron chi connectivity index (χ4n) is 2.78. The summed E-state index contributed by atoms with van der Waals surface area (Å²) >= 11 is 0. The van der Waals surface area contributed by atoms with Gasteiger partial charge in [-0.2, -0.15) is 0 Å². The minimum Gasteiger partial charge on any atom is -0.497 e. The molecule has 0 aromatic heterocycles. The number of hydrogen-bond donors (Lipinski definition) is 1. The highest BCUT2D eigenvalue weighted by molar-refractivity contribution is 5.94. The molecule has 2 aromatic carbocycles. The maximum absolute atomic E-state index is 12.9. The molecule has 2 aromatic rings. The fourth-order valence-corrected chi connectivity index (χ4v) is 2.78. The molecule has 0 saturated heterocycles. The van der Waals surface area contributed by atoms with Gasteiger partial charge in [0.15, 0.2) is 0 Å². The van der Waals surface area contributed by atoms with Gasteiger partial charge in [0, 0.05) is 49.6 Å². The maximum Gasteiger partial charge on any atom is 0.254 e. The number of rotatable bonds is 9. The predicted molar refractivity (Wildman–Crippen MR) is 107 cm³/mol. The Hall–Kier alpha value is -2.73. The minimum absolute atomic E-state index is 0.110. The Kier molecular flexibility index (Phi) is 7.49. The Balaban J connectivity index is 2.22. The second-order valence-corrected chi connectivity index (χ2v) is 6.19. The highest BCUT2D eigenvalue weighted by Gasteiger charge is 2.18. The molecule has 0 saturated carbocycles. The van der Waals surface area contributed by atoms with Crippen LogP contribution in [-0.2, 0) is 6.54 Å². The maximum atomic E-state index is 12.9.